The van der Waals surface area contributed by atoms with Gasteiger partial charge < -0.3 is 5.11 Å². The zero-order valence-corrected chi connectivity index (χ0v) is 14.7. The molecular formula is C25H22O. The van der Waals surface area contributed by atoms with Crippen LogP contribution in [0.15, 0.2) is 84.4 Å². The monoisotopic (exact) mass is 338 g/mol. The van der Waals surface area contributed by atoms with Crippen molar-refractivity contribution in [3.05, 3.63) is 112 Å². The molecule has 2 aliphatic carbocycles. The van der Waals surface area contributed by atoms with Gasteiger partial charge >= 0.3 is 0 Å². The summed E-state index contributed by atoms with van der Waals surface area (Å²) in [7, 11) is 0. The van der Waals surface area contributed by atoms with Gasteiger partial charge in [-0.1, -0.05) is 90.5 Å². The van der Waals surface area contributed by atoms with Crippen LogP contribution in [0.1, 0.15) is 27.8 Å². The number of benzene rings is 3. The lowest BCUT2D eigenvalue weighted by Gasteiger charge is -2.36. The van der Waals surface area contributed by atoms with E-state index in [-0.39, 0.29) is 11.5 Å². The SMILES string of the molecule is OC1Cc2ccccc2C1(Cc1ccccc1)C1=Cc2ccccc2C1. The summed E-state index contributed by atoms with van der Waals surface area (Å²) >= 11 is 0. The normalized spacial score (nSPS) is 23.4. The largest absolute Gasteiger partial charge is 0.391 e. The van der Waals surface area contributed by atoms with E-state index in [0.717, 1.165) is 19.3 Å². The number of aliphatic hydroxyl groups excluding tert-OH is 1. The van der Waals surface area contributed by atoms with Gasteiger partial charge in [-0.05, 0) is 47.1 Å². The molecule has 0 amide bonds. The van der Waals surface area contributed by atoms with Crippen molar-refractivity contribution in [2.75, 3.05) is 0 Å². The Bertz CT molecular complexity index is 986. The van der Waals surface area contributed by atoms with E-state index in [1.165, 1.54) is 33.4 Å². The lowest BCUT2D eigenvalue weighted by Crippen LogP contribution is -2.40. The van der Waals surface area contributed by atoms with Crippen molar-refractivity contribution in [2.24, 2.45) is 0 Å². The maximum absolute atomic E-state index is 11.3. The van der Waals surface area contributed by atoms with Crippen molar-refractivity contribution in [2.45, 2.75) is 30.8 Å². The first-order chi connectivity index (χ1) is 12.8. The molecule has 2 aliphatic rings. The molecule has 1 N–H and O–H groups in total. The summed E-state index contributed by atoms with van der Waals surface area (Å²) in [5.41, 5.74) is 7.54. The Labute approximate surface area is 154 Å². The summed E-state index contributed by atoms with van der Waals surface area (Å²) < 4.78 is 0. The van der Waals surface area contributed by atoms with E-state index in [0.29, 0.717) is 0 Å². The fraction of sp³-hybridized carbons (Fsp3) is 0.200. The number of rotatable bonds is 3. The molecule has 0 aliphatic heterocycles. The third-order valence-electron chi connectivity index (χ3n) is 6.14. The molecule has 0 heterocycles. The number of aliphatic hydroxyl groups is 1. The van der Waals surface area contributed by atoms with E-state index >= 15 is 0 Å². The lowest BCUT2D eigenvalue weighted by molar-refractivity contribution is 0.114. The zero-order chi connectivity index (χ0) is 17.6. The van der Waals surface area contributed by atoms with Crippen LogP contribution in [0.4, 0.5) is 0 Å². The molecule has 2 unspecified atom stereocenters. The van der Waals surface area contributed by atoms with Crippen LogP contribution in [0, 0.1) is 0 Å². The predicted octanol–water partition coefficient (Wildman–Crippen LogP) is 4.72. The van der Waals surface area contributed by atoms with Crippen LogP contribution in [0.3, 0.4) is 0 Å². The minimum absolute atomic E-state index is 0.336. The Kier molecular flexibility index (Phi) is 3.58. The van der Waals surface area contributed by atoms with Gasteiger partial charge in [-0.25, -0.2) is 0 Å². The fourth-order valence-electron chi connectivity index (χ4n) is 4.89. The molecule has 0 spiro atoms. The molecule has 5 rings (SSSR count). The van der Waals surface area contributed by atoms with Crippen LogP contribution < -0.4 is 0 Å². The molecule has 0 aromatic heterocycles. The molecule has 0 fully saturated rings. The van der Waals surface area contributed by atoms with Crippen LogP contribution in [0.2, 0.25) is 0 Å². The van der Waals surface area contributed by atoms with Gasteiger partial charge in [0.15, 0.2) is 0 Å². The van der Waals surface area contributed by atoms with E-state index < -0.39 is 0 Å². The lowest BCUT2D eigenvalue weighted by atomic mass is 9.69. The number of hydrogen-bond donors (Lipinski definition) is 1. The first kappa shape index (κ1) is 15.6. The summed E-state index contributed by atoms with van der Waals surface area (Å²) in [5.74, 6) is 0. The molecule has 1 heteroatoms. The van der Waals surface area contributed by atoms with Gasteiger partial charge in [-0.2, -0.15) is 0 Å². The highest BCUT2D eigenvalue weighted by molar-refractivity contribution is 5.69. The second-order valence-corrected chi connectivity index (χ2v) is 7.56. The highest BCUT2D eigenvalue weighted by Crippen LogP contribution is 2.50. The predicted molar refractivity (Wildman–Crippen MR) is 106 cm³/mol. The maximum Gasteiger partial charge on any atom is 0.0718 e. The molecular weight excluding hydrogens is 316 g/mol. The van der Waals surface area contributed by atoms with Gasteiger partial charge in [-0.3, -0.25) is 0 Å². The van der Waals surface area contributed by atoms with Crippen molar-refractivity contribution in [1.82, 2.24) is 0 Å². The van der Waals surface area contributed by atoms with Crippen molar-refractivity contribution < 1.29 is 5.11 Å². The minimum atomic E-state index is -0.388. The number of hydrogen-bond acceptors (Lipinski definition) is 1. The smallest absolute Gasteiger partial charge is 0.0718 e. The molecule has 1 nitrogen and oxygen atoms in total. The highest BCUT2D eigenvalue weighted by atomic mass is 16.3. The van der Waals surface area contributed by atoms with Gasteiger partial charge in [0.1, 0.15) is 0 Å². The summed E-state index contributed by atoms with van der Waals surface area (Å²) in [6, 6.07) is 27.8. The molecule has 3 aromatic rings. The number of fused-ring (bicyclic) bond motifs is 2. The van der Waals surface area contributed by atoms with Crippen molar-refractivity contribution in [3.8, 4) is 0 Å². The minimum Gasteiger partial charge on any atom is -0.391 e. The fourth-order valence-corrected chi connectivity index (χ4v) is 4.89. The van der Waals surface area contributed by atoms with Crippen LogP contribution >= 0.6 is 0 Å². The molecule has 3 aromatic carbocycles. The van der Waals surface area contributed by atoms with Gasteiger partial charge in [0.25, 0.3) is 0 Å². The van der Waals surface area contributed by atoms with Crippen molar-refractivity contribution in [1.29, 1.82) is 0 Å². The second-order valence-electron chi connectivity index (χ2n) is 7.56. The molecule has 128 valence electrons. The molecule has 0 bridgehead atoms. The van der Waals surface area contributed by atoms with Gasteiger partial charge in [0.05, 0.1) is 6.10 Å². The molecule has 0 saturated heterocycles. The van der Waals surface area contributed by atoms with Crippen LogP contribution in [-0.4, -0.2) is 11.2 Å². The average molecular weight is 338 g/mol. The first-order valence-corrected chi connectivity index (χ1v) is 9.37. The van der Waals surface area contributed by atoms with Gasteiger partial charge in [-0.15, -0.1) is 0 Å². The molecule has 26 heavy (non-hydrogen) atoms. The first-order valence-electron chi connectivity index (χ1n) is 9.37. The second kappa shape index (κ2) is 5.96. The molecule has 2 atom stereocenters. The summed E-state index contributed by atoms with van der Waals surface area (Å²) in [6.45, 7) is 0. The average Bonchev–Trinajstić information content (AvgIpc) is 3.23. The zero-order valence-electron chi connectivity index (χ0n) is 14.7. The van der Waals surface area contributed by atoms with Crippen LogP contribution in [0.25, 0.3) is 6.08 Å². The van der Waals surface area contributed by atoms with E-state index in [2.05, 4.69) is 84.9 Å². The van der Waals surface area contributed by atoms with E-state index in [1.807, 2.05) is 0 Å². The Morgan fingerprint density at radius 3 is 2.31 bits per heavy atom. The van der Waals surface area contributed by atoms with E-state index in [9.17, 15) is 5.11 Å². The standard InChI is InChI=1S/C25H22O/c26-24-16-21-12-6-7-13-23(21)25(24,17-18-8-2-1-3-9-18)22-14-19-10-4-5-11-20(19)15-22/h1-14,24,26H,15-17H2. The highest BCUT2D eigenvalue weighted by Gasteiger charge is 2.49. The Balaban J connectivity index is 1.68. The van der Waals surface area contributed by atoms with E-state index in [1.54, 1.807) is 0 Å². The van der Waals surface area contributed by atoms with Gasteiger partial charge in [0.2, 0.25) is 0 Å². The Hall–Kier alpha value is -2.64. The third kappa shape index (κ3) is 2.28. The third-order valence-corrected chi connectivity index (χ3v) is 6.14. The quantitative estimate of drug-likeness (QED) is 0.732. The van der Waals surface area contributed by atoms with Gasteiger partial charge in [0, 0.05) is 5.41 Å². The summed E-state index contributed by atoms with van der Waals surface area (Å²) in [6.07, 6.45) is 4.43. The maximum atomic E-state index is 11.3. The Morgan fingerprint density at radius 1 is 0.808 bits per heavy atom. The summed E-state index contributed by atoms with van der Waals surface area (Å²) in [4.78, 5) is 0. The van der Waals surface area contributed by atoms with E-state index in [4.69, 9.17) is 0 Å². The van der Waals surface area contributed by atoms with Crippen LogP contribution in [-0.2, 0) is 24.7 Å². The van der Waals surface area contributed by atoms with Crippen molar-refractivity contribution in [3.63, 3.8) is 0 Å². The molecule has 0 saturated carbocycles. The van der Waals surface area contributed by atoms with Crippen molar-refractivity contribution >= 4 is 6.08 Å². The Morgan fingerprint density at radius 2 is 1.50 bits per heavy atom. The van der Waals surface area contributed by atoms with Crippen LogP contribution in [0.5, 0.6) is 0 Å². The summed E-state index contributed by atoms with van der Waals surface area (Å²) in [5, 5.41) is 11.3. The molecule has 0 radical (unpaired) electrons. The topological polar surface area (TPSA) is 20.2 Å².